The quantitative estimate of drug-likeness (QED) is 0.354. The van der Waals surface area contributed by atoms with Gasteiger partial charge in [0.25, 0.3) is 0 Å². The van der Waals surface area contributed by atoms with E-state index in [4.69, 9.17) is 0 Å². The minimum atomic E-state index is 0.504. The maximum Gasteiger partial charge on any atom is 0.0322 e. The van der Waals surface area contributed by atoms with Crippen molar-refractivity contribution in [3.05, 3.63) is 19.6 Å². The predicted molar refractivity (Wildman–Crippen MR) is 46.7 cm³/mol. The summed E-state index contributed by atoms with van der Waals surface area (Å²) in [5.74, 6) is 0. The summed E-state index contributed by atoms with van der Waals surface area (Å²) in [7, 11) is 0. The Morgan fingerprint density at radius 1 is 1.44 bits per heavy atom. The Morgan fingerprint density at radius 3 is 2.56 bits per heavy atom. The van der Waals surface area contributed by atoms with E-state index in [1.165, 1.54) is 19.3 Å². The van der Waals surface area contributed by atoms with E-state index in [9.17, 15) is 0 Å². The molecule has 0 bridgehead atoms. The monoisotopic (exact) mass is 189 g/mol. The summed E-state index contributed by atoms with van der Waals surface area (Å²) in [5, 5.41) is 0. The predicted octanol–water partition coefficient (Wildman–Crippen LogP) is 3.33. The molecule has 1 heteroatoms. The van der Waals surface area contributed by atoms with Crippen LogP contribution in [0.25, 0.3) is 0 Å². The van der Waals surface area contributed by atoms with Crippen LogP contribution >= 0.6 is 15.9 Å². The Morgan fingerprint density at radius 2 is 2.11 bits per heavy atom. The van der Waals surface area contributed by atoms with Crippen LogP contribution in [-0.2, 0) is 0 Å². The zero-order valence-electron chi connectivity index (χ0n) is 5.78. The Bertz CT molecular complexity index is 69.0. The van der Waals surface area contributed by atoms with Gasteiger partial charge in [-0.2, -0.15) is 0 Å². The van der Waals surface area contributed by atoms with Crippen molar-refractivity contribution in [1.82, 2.24) is 0 Å². The summed E-state index contributed by atoms with van der Waals surface area (Å²) in [4.78, 5) is 0.504. The first kappa shape index (κ1) is 9.22. The van der Waals surface area contributed by atoms with Crippen LogP contribution < -0.4 is 0 Å². The molecule has 0 aliphatic carbocycles. The lowest BCUT2D eigenvalue weighted by molar-refractivity contribution is 0.706. The summed E-state index contributed by atoms with van der Waals surface area (Å²) in [6.07, 6.45) is 6.67. The van der Waals surface area contributed by atoms with Crippen molar-refractivity contribution >= 4 is 15.9 Å². The van der Waals surface area contributed by atoms with E-state index in [0.29, 0.717) is 4.83 Å². The Kier molecular flexibility index (Phi) is 6.50. The second-order valence-corrected chi connectivity index (χ2v) is 3.28. The largest absolute Gasteiger partial charge is 0.102 e. The Labute approximate surface area is 66.5 Å². The molecule has 0 saturated heterocycles. The SMILES string of the molecule is [CH2]CCCCC(Br)C=C. The van der Waals surface area contributed by atoms with Crippen LogP contribution in [0.15, 0.2) is 12.7 Å². The van der Waals surface area contributed by atoms with E-state index in [2.05, 4.69) is 29.4 Å². The molecule has 1 radical (unpaired) electrons. The van der Waals surface area contributed by atoms with Gasteiger partial charge in [0.2, 0.25) is 0 Å². The van der Waals surface area contributed by atoms with Gasteiger partial charge in [0.1, 0.15) is 0 Å². The fraction of sp³-hybridized carbons (Fsp3) is 0.625. The molecule has 0 saturated carbocycles. The topological polar surface area (TPSA) is 0 Å². The van der Waals surface area contributed by atoms with E-state index in [1.54, 1.807) is 0 Å². The molecule has 1 unspecified atom stereocenters. The summed E-state index contributed by atoms with van der Waals surface area (Å²) < 4.78 is 0. The van der Waals surface area contributed by atoms with Gasteiger partial charge in [0, 0.05) is 4.83 Å². The van der Waals surface area contributed by atoms with Gasteiger partial charge in [-0.3, -0.25) is 0 Å². The average molecular weight is 190 g/mol. The van der Waals surface area contributed by atoms with E-state index in [1.807, 2.05) is 6.08 Å². The molecular formula is C8H14Br. The molecule has 1 atom stereocenters. The number of alkyl halides is 1. The zero-order valence-corrected chi connectivity index (χ0v) is 7.36. The maximum atomic E-state index is 3.77. The summed E-state index contributed by atoms with van der Waals surface area (Å²) in [6.45, 7) is 7.44. The molecule has 0 fully saturated rings. The minimum absolute atomic E-state index is 0.504. The lowest BCUT2D eigenvalue weighted by atomic mass is 10.1. The first-order valence-corrected chi connectivity index (χ1v) is 4.28. The first-order valence-electron chi connectivity index (χ1n) is 3.37. The molecule has 0 amide bonds. The van der Waals surface area contributed by atoms with Gasteiger partial charge in [0.05, 0.1) is 0 Å². The summed E-state index contributed by atoms with van der Waals surface area (Å²) in [6, 6.07) is 0. The van der Waals surface area contributed by atoms with Crippen molar-refractivity contribution in [3.8, 4) is 0 Å². The molecule has 0 nitrogen and oxygen atoms in total. The number of halogens is 1. The van der Waals surface area contributed by atoms with Crippen LogP contribution in [0.2, 0.25) is 0 Å². The molecule has 53 valence electrons. The van der Waals surface area contributed by atoms with Gasteiger partial charge in [-0.05, 0) is 6.42 Å². The van der Waals surface area contributed by atoms with Crippen molar-refractivity contribution in [3.63, 3.8) is 0 Å². The average Bonchev–Trinajstić information content (AvgIpc) is 1.89. The second kappa shape index (κ2) is 6.34. The third-order valence-electron chi connectivity index (χ3n) is 1.24. The highest BCUT2D eigenvalue weighted by Crippen LogP contribution is 2.10. The van der Waals surface area contributed by atoms with Gasteiger partial charge in [-0.25, -0.2) is 0 Å². The standard InChI is InChI=1S/C8H14Br/c1-3-5-6-7-8(9)4-2/h4,8H,1-3,5-7H2. The second-order valence-electron chi connectivity index (χ2n) is 2.10. The maximum absolute atomic E-state index is 3.77. The third-order valence-corrected chi connectivity index (χ3v) is 2.07. The van der Waals surface area contributed by atoms with E-state index >= 15 is 0 Å². The molecule has 0 aromatic heterocycles. The van der Waals surface area contributed by atoms with Crippen molar-refractivity contribution in [2.45, 2.75) is 30.5 Å². The number of hydrogen-bond acceptors (Lipinski definition) is 0. The van der Waals surface area contributed by atoms with Gasteiger partial charge in [0.15, 0.2) is 0 Å². The van der Waals surface area contributed by atoms with Crippen LogP contribution in [0.1, 0.15) is 25.7 Å². The molecule has 9 heavy (non-hydrogen) atoms. The number of unbranched alkanes of at least 4 members (excludes halogenated alkanes) is 2. The molecule has 0 aromatic rings. The van der Waals surface area contributed by atoms with Gasteiger partial charge >= 0.3 is 0 Å². The van der Waals surface area contributed by atoms with Crippen LogP contribution in [0.5, 0.6) is 0 Å². The number of hydrogen-bond donors (Lipinski definition) is 0. The summed E-state index contributed by atoms with van der Waals surface area (Å²) in [5.41, 5.74) is 0. The number of allylic oxidation sites excluding steroid dienone is 1. The van der Waals surface area contributed by atoms with Gasteiger partial charge in [-0.1, -0.05) is 48.2 Å². The highest BCUT2D eigenvalue weighted by atomic mass is 79.9. The molecule has 0 aliphatic heterocycles. The highest BCUT2D eigenvalue weighted by Gasteiger charge is 1.95. The minimum Gasteiger partial charge on any atom is -0.102 e. The van der Waals surface area contributed by atoms with Crippen LogP contribution in [0.4, 0.5) is 0 Å². The van der Waals surface area contributed by atoms with E-state index < -0.39 is 0 Å². The smallest absolute Gasteiger partial charge is 0.0322 e. The van der Waals surface area contributed by atoms with Crippen molar-refractivity contribution in [1.29, 1.82) is 0 Å². The van der Waals surface area contributed by atoms with Crippen molar-refractivity contribution in [2.75, 3.05) is 0 Å². The Balaban J connectivity index is 2.96. The summed E-state index contributed by atoms with van der Waals surface area (Å²) >= 11 is 3.47. The lowest BCUT2D eigenvalue weighted by Crippen LogP contribution is -1.90. The lowest BCUT2D eigenvalue weighted by Gasteiger charge is -2.00. The van der Waals surface area contributed by atoms with Gasteiger partial charge in [-0.15, -0.1) is 6.58 Å². The van der Waals surface area contributed by atoms with Crippen LogP contribution in [-0.4, -0.2) is 4.83 Å². The Hall–Kier alpha value is 0.220. The van der Waals surface area contributed by atoms with Crippen LogP contribution in [0.3, 0.4) is 0 Å². The zero-order chi connectivity index (χ0) is 7.11. The highest BCUT2D eigenvalue weighted by molar-refractivity contribution is 9.09. The molecular weight excluding hydrogens is 176 g/mol. The van der Waals surface area contributed by atoms with Crippen molar-refractivity contribution in [2.24, 2.45) is 0 Å². The molecule has 0 aromatic carbocycles. The fourth-order valence-corrected chi connectivity index (χ4v) is 0.958. The molecule has 0 aliphatic rings. The van der Waals surface area contributed by atoms with Crippen LogP contribution in [0, 0.1) is 6.92 Å². The normalized spacial score (nSPS) is 13.1. The molecule has 0 spiro atoms. The fourth-order valence-electron chi connectivity index (χ4n) is 0.634. The third kappa shape index (κ3) is 6.10. The van der Waals surface area contributed by atoms with Crippen molar-refractivity contribution < 1.29 is 0 Å². The van der Waals surface area contributed by atoms with E-state index in [-0.39, 0.29) is 0 Å². The molecule has 0 N–H and O–H groups in total. The number of rotatable bonds is 5. The molecule has 0 rings (SSSR count). The van der Waals surface area contributed by atoms with Gasteiger partial charge < -0.3 is 0 Å². The first-order chi connectivity index (χ1) is 4.31. The van der Waals surface area contributed by atoms with E-state index in [0.717, 1.165) is 6.42 Å². The molecule has 0 heterocycles.